The Morgan fingerprint density at radius 2 is 2.14 bits per heavy atom. The van der Waals surface area contributed by atoms with Gasteiger partial charge >= 0.3 is 5.69 Å². The molecule has 116 valence electrons. The monoisotopic (exact) mass is 310 g/mol. The minimum atomic E-state index is -0.372. The molecule has 21 heavy (non-hydrogen) atoms. The Balaban J connectivity index is 2.24. The van der Waals surface area contributed by atoms with E-state index in [0.29, 0.717) is 21.7 Å². The minimum Gasteiger partial charge on any atom is -0.358 e. The maximum Gasteiger partial charge on any atom is 0.304 e. The fourth-order valence-corrected chi connectivity index (χ4v) is 3.97. The summed E-state index contributed by atoms with van der Waals surface area (Å²) in [7, 11) is 0. The first-order valence-electron chi connectivity index (χ1n) is 7.44. The number of hydrogen-bond donors (Lipinski definition) is 0. The summed E-state index contributed by atoms with van der Waals surface area (Å²) in [6.07, 6.45) is 3.28. The van der Waals surface area contributed by atoms with Gasteiger partial charge in [-0.25, -0.2) is 0 Å². The zero-order valence-corrected chi connectivity index (χ0v) is 13.6. The summed E-state index contributed by atoms with van der Waals surface area (Å²) in [5.41, 5.74) is 0.0770. The first kappa shape index (κ1) is 15.9. The van der Waals surface area contributed by atoms with E-state index >= 15 is 0 Å². The van der Waals surface area contributed by atoms with Crippen molar-refractivity contribution < 1.29 is 9.72 Å². The van der Waals surface area contributed by atoms with Crippen molar-refractivity contribution in [2.45, 2.75) is 40.0 Å². The van der Waals surface area contributed by atoms with Gasteiger partial charge in [-0.05, 0) is 38.0 Å². The third kappa shape index (κ3) is 3.61. The Labute approximate surface area is 129 Å². The lowest BCUT2D eigenvalue weighted by Gasteiger charge is -2.21. The first-order chi connectivity index (χ1) is 9.90. The van der Waals surface area contributed by atoms with Gasteiger partial charge in [-0.2, -0.15) is 0 Å². The minimum absolute atomic E-state index is 0.0770. The molecule has 1 fully saturated rings. The van der Waals surface area contributed by atoms with Crippen molar-refractivity contribution in [1.29, 1.82) is 0 Å². The summed E-state index contributed by atoms with van der Waals surface area (Å²) in [5, 5.41) is 11.9. The number of carbonyl (C=O) groups excluding carboxylic acids is 1. The molecule has 1 aliphatic heterocycles. The SMILES string of the molecule is CC(=O)c1cc([N+](=O)[O-])c(N2CCCC(C(C)C)CC2)s1. The van der Waals surface area contributed by atoms with E-state index in [9.17, 15) is 14.9 Å². The molecular weight excluding hydrogens is 288 g/mol. The van der Waals surface area contributed by atoms with Crippen molar-refractivity contribution in [2.24, 2.45) is 11.8 Å². The average molecular weight is 310 g/mol. The molecular formula is C15H22N2O3S. The molecule has 0 amide bonds. The predicted molar refractivity (Wildman–Crippen MR) is 85.4 cm³/mol. The van der Waals surface area contributed by atoms with Crippen molar-refractivity contribution in [3.8, 4) is 0 Å². The number of ketones is 1. The second kappa shape index (κ2) is 6.56. The molecule has 0 bridgehead atoms. The van der Waals surface area contributed by atoms with E-state index in [1.54, 1.807) is 0 Å². The lowest BCUT2D eigenvalue weighted by molar-refractivity contribution is -0.383. The van der Waals surface area contributed by atoms with Gasteiger partial charge in [-0.1, -0.05) is 13.8 Å². The van der Waals surface area contributed by atoms with Crippen LogP contribution in [0.4, 0.5) is 10.7 Å². The molecule has 1 aromatic rings. The molecule has 1 unspecified atom stereocenters. The van der Waals surface area contributed by atoms with Crippen LogP contribution in [0.1, 0.15) is 49.7 Å². The number of carbonyl (C=O) groups is 1. The van der Waals surface area contributed by atoms with E-state index in [0.717, 1.165) is 25.9 Å². The van der Waals surface area contributed by atoms with Gasteiger partial charge < -0.3 is 4.90 Å². The van der Waals surface area contributed by atoms with Crippen LogP contribution in [0, 0.1) is 22.0 Å². The van der Waals surface area contributed by atoms with Gasteiger partial charge in [0.25, 0.3) is 0 Å². The fourth-order valence-electron chi connectivity index (χ4n) is 2.89. The molecule has 1 atom stereocenters. The van der Waals surface area contributed by atoms with E-state index in [1.165, 1.54) is 30.7 Å². The van der Waals surface area contributed by atoms with Gasteiger partial charge in [0.1, 0.15) is 0 Å². The highest BCUT2D eigenvalue weighted by Gasteiger charge is 2.27. The van der Waals surface area contributed by atoms with Crippen LogP contribution in [-0.4, -0.2) is 23.8 Å². The molecule has 0 aromatic carbocycles. The average Bonchev–Trinajstić information content (AvgIpc) is 2.71. The zero-order valence-electron chi connectivity index (χ0n) is 12.8. The van der Waals surface area contributed by atoms with Crippen LogP contribution < -0.4 is 4.90 Å². The molecule has 6 heteroatoms. The highest BCUT2D eigenvalue weighted by molar-refractivity contribution is 7.18. The molecule has 1 saturated heterocycles. The third-order valence-corrected chi connectivity index (χ3v) is 5.53. The summed E-state index contributed by atoms with van der Waals surface area (Å²) in [4.78, 5) is 24.9. The second-order valence-electron chi connectivity index (χ2n) is 6.04. The summed E-state index contributed by atoms with van der Waals surface area (Å²) in [6.45, 7) is 7.60. The van der Waals surface area contributed by atoms with Crippen molar-refractivity contribution in [3.05, 3.63) is 21.1 Å². The van der Waals surface area contributed by atoms with E-state index in [2.05, 4.69) is 18.7 Å². The number of rotatable bonds is 4. The van der Waals surface area contributed by atoms with Crippen LogP contribution in [0.15, 0.2) is 6.07 Å². The normalized spacial score (nSPS) is 19.6. The second-order valence-corrected chi connectivity index (χ2v) is 7.07. The van der Waals surface area contributed by atoms with Gasteiger partial charge in [-0.15, -0.1) is 11.3 Å². The number of Topliss-reactive ketones (excluding diaryl/α,β-unsaturated/α-hetero) is 1. The quantitative estimate of drug-likeness (QED) is 0.477. The largest absolute Gasteiger partial charge is 0.358 e. The van der Waals surface area contributed by atoms with Crippen molar-refractivity contribution >= 4 is 27.8 Å². The fraction of sp³-hybridized carbons (Fsp3) is 0.667. The number of thiophene rings is 1. The molecule has 1 aromatic heterocycles. The number of hydrogen-bond acceptors (Lipinski definition) is 5. The molecule has 2 heterocycles. The van der Waals surface area contributed by atoms with Crippen molar-refractivity contribution in [3.63, 3.8) is 0 Å². The summed E-state index contributed by atoms with van der Waals surface area (Å²) < 4.78 is 0. The lowest BCUT2D eigenvalue weighted by Crippen LogP contribution is -2.24. The summed E-state index contributed by atoms with van der Waals surface area (Å²) >= 11 is 1.26. The van der Waals surface area contributed by atoms with Crippen LogP contribution in [0.2, 0.25) is 0 Å². The molecule has 0 radical (unpaired) electrons. The Morgan fingerprint density at radius 3 is 2.71 bits per heavy atom. The van der Waals surface area contributed by atoms with Crippen LogP contribution in [0.3, 0.4) is 0 Å². The molecule has 0 aliphatic carbocycles. The number of nitro groups is 1. The smallest absolute Gasteiger partial charge is 0.304 e. The Kier molecular flexibility index (Phi) is 4.98. The maximum absolute atomic E-state index is 11.5. The van der Waals surface area contributed by atoms with Crippen LogP contribution in [0.25, 0.3) is 0 Å². The topological polar surface area (TPSA) is 63.4 Å². The number of nitrogens with zero attached hydrogens (tertiary/aromatic N) is 2. The Bertz CT molecular complexity index is 539. The van der Waals surface area contributed by atoms with Gasteiger partial charge in [0.05, 0.1) is 9.80 Å². The van der Waals surface area contributed by atoms with Gasteiger partial charge in [0, 0.05) is 19.2 Å². The molecule has 1 aliphatic rings. The van der Waals surface area contributed by atoms with E-state index in [4.69, 9.17) is 0 Å². The third-order valence-electron chi connectivity index (χ3n) is 4.24. The molecule has 2 rings (SSSR count). The first-order valence-corrected chi connectivity index (χ1v) is 8.26. The molecule has 5 nitrogen and oxygen atoms in total. The summed E-state index contributed by atoms with van der Waals surface area (Å²) in [6, 6.07) is 1.42. The Hall–Kier alpha value is -1.43. The lowest BCUT2D eigenvalue weighted by atomic mass is 9.89. The zero-order chi connectivity index (χ0) is 15.6. The van der Waals surface area contributed by atoms with E-state index in [-0.39, 0.29) is 16.4 Å². The van der Waals surface area contributed by atoms with Crippen molar-refractivity contribution in [1.82, 2.24) is 0 Å². The number of anilines is 1. The van der Waals surface area contributed by atoms with Crippen LogP contribution in [-0.2, 0) is 0 Å². The van der Waals surface area contributed by atoms with E-state index in [1.807, 2.05) is 0 Å². The van der Waals surface area contributed by atoms with Crippen molar-refractivity contribution in [2.75, 3.05) is 18.0 Å². The van der Waals surface area contributed by atoms with Gasteiger partial charge in [0.2, 0.25) is 0 Å². The van der Waals surface area contributed by atoms with Crippen LogP contribution in [0.5, 0.6) is 0 Å². The highest BCUT2D eigenvalue weighted by atomic mass is 32.1. The highest BCUT2D eigenvalue weighted by Crippen LogP contribution is 2.39. The van der Waals surface area contributed by atoms with Crippen LogP contribution >= 0.6 is 11.3 Å². The van der Waals surface area contributed by atoms with E-state index < -0.39 is 0 Å². The Morgan fingerprint density at radius 1 is 1.43 bits per heavy atom. The predicted octanol–water partition coefficient (Wildman–Crippen LogP) is 4.12. The van der Waals surface area contributed by atoms with Gasteiger partial charge in [0.15, 0.2) is 10.8 Å². The summed E-state index contributed by atoms with van der Waals surface area (Å²) in [5.74, 6) is 1.22. The van der Waals surface area contributed by atoms with Gasteiger partial charge in [-0.3, -0.25) is 14.9 Å². The molecule has 0 spiro atoms. The maximum atomic E-state index is 11.5. The molecule has 0 N–H and O–H groups in total. The standard InChI is InChI=1S/C15H22N2O3S/c1-10(2)12-5-4-7-16(8-6-12)15-13(17(19)20)9-14(21-15)11(3)18/h9-10,12H,4-8H2,1-3H3. The molecule has 0 saturated carbocycles.